The molecule has 2 bridgehead atoms. The van der Waals surface area contributed by atoms with E-state index in [0.29, 0.717) is 0 Å². The van der Waals surface area contributed by atoms with Gasteiger partial charge < -0.3 is 20.4 Å². The molecule has 2 aliphatic heterocycles. The summed E-state index contributed by atoms with van der Waals surface area (Å²) in [5.41, 5.74) is 0. The van der Waals surface area contributed by atoms with E-state index in [9.17, 15) is 0 Å². The molecule has 0 unspecified atom stereocenters. The normalized spacial score (nSPS) is 35.2. The Morgan fingerprint density at radius 2 is 0.933 bits per heavy atom. The highest BCUT2D eigenvalue weighted by Crippen LogP contribution is 1.98. The molecule has 2 N–H and O–H groups in total. The molecule has 2 saturated heterocycles. The predicted octanol–water partition coefficient (Wildman–Crippen LogP) is -0.813. The topological polar surface area (TPSA) is 30.5 Å². The Bertz CT molecular complexity index is 144. The van der Waals surface area contributed by atoms with Crippen LogP contribution >= 0.6 is 0 Å². The average Bonchev–Trinajstić information content (AvgIpc) is 2.26. The third kappa shape index (κ3) is 4.07. The second-order valence-corrected chi connectivity index (χ2v) is 4.54. The quantitative estimate of drug-likeness (QED) is 0.550. The van der Waals surface area contributed by atoms with E-state index in [1.807, 2.05) is 0 Å². The second kappa shape index (κ2) is 6.43. The van der Waals surface area contributed by atoms with E-state index in [4.69, 9.17) is 0 Å². The van der Waals surface area contributed by atoms with E-state index >= 15 is 0 Å². The monoisotopic (exact) mass is 212 g/mol. The Labute approximate surface area is 93.0 Å². The van der Waals surface area contributed by atoms with Crippen molar-refractivity contribution in [1.82, 2.24) is 20.4 Å². The van der Waals surface area contributed by atoms with Crippen LogP contribution in [0.1, 0.15) is 6.42 Å². The van der Waals surface area contributed by atoms with Gasteiger partial charge in [-0.3, -0.25) is 0 Å². The average molecular weight is 212 g/mol. The molecule has 0 aromatic rings. The van der Waals surface area contributed by atoms with E-state index in [-0.39, 0.29) is 0 Å². The lowest BCUT2D eigenvalue weighted by Crippen LogP contribution is -2.46. The van der Waals surface area contributed by atoms with Crippen LogP contribution in [0.5, 0.6) is 0 Å². The van der Waals surface area contributed by atoms with Crippen LogP contribution in [0.3, 0.4) is 0 Å². The molecule has 2 aliphatic rings. The molecule has 0 aliphatic carbocycles. The van der Waals surface area contributed by atoms with Crippen LogP contribution in [0.25, 0.3) is 0 Å². The zero-order valence-electron chi connectivity index (χ0n) is 9.67. The molecule has 4 heteroatoms. The SMILES string of the molecule is C1CN2CCNCCN(C1)CCNCC2. The maximum atomic E-state index is 3.53. The van der Waals surface area contributed by atoms with Crippen molar-refractivity contribution >= 4 is 0 Å². The summed E-state index contributed by atoms with van der Waals surface area (Å²) in [4.78, 5) is 5.16. The first-order valence-corrected chi connectivity index (χ1v) is 6.31. The molecule has 2 heterocycles. The highest BCUT2D eigenvalue weighted by atomic mass is 15.2. The largest absolute Gasteiger partial charge is 0.314 e. The minimum atomic E-state index is 1.15. The van der Waals surface area contributed by atoms with E-state index < -0.39 is 0 Å². The number of nitrogens with zero attached hydrogens (tertiary/aromatic N) is 2. The molecule has 0 spiro atoms. The number of fused-ring (bicyclic) bond motifs is 4. The highest BCUT2D eigenvalue weighted by Gasteiger charge is 2.11. The van der Waals surface area contributed by atoms with Crippen molar-refractivity contribution in [2.24, 2.45) is 0 Å². The van der Waals surface area contributed by atoms with Crippen molar-refractivity contribution in [3.63, 3.8) is 0 Å². The van der Waals surface area contributed by atoms with Crippen molar-refractivity contribution < 1.29 is 0 Å². The van der Waals surface area contributed by atoms with Gasteiger partial charge in [-0.2, -0.15) is 0 Å². The van der Waals surface area contributed by atoms with Gasteiger partial charge in [-0.15, -0.1) is 0 Å². The van der Waals surface area contributed by atoms with Crippen LogP contribution in [0.4, 0.5) is 0 Å². The van der Waals surface area contributed by atoms with Crippen molar-refractivity contribution in [3.05, 3.63) is 0 Å². The summed E-state index contributed by atoms with van der Waals surface area (Å²) in [7, 11) is 0. The molecule has 15 heavy (non-hydrogen) atoms. The van der Waals surface area contributed by atoms with Gasteiger partial charge in [-0.1, -0.05) is 0 Å². The summed E-state index contributed by atoms with van der Waals surface area (Å²) < 4.78 is 0. The molecule has 4 nitrogen and oxygen atoms in total. The number of rotatable bonds is 0. The maximum absolute atomic E-state index is 3.53. The van der Waals surface area contributed by atoms with Crippen molar-refractivity contribution in [1.29, 1.82) is 0 Å². The maximum Gasteiger partial charge on any atom is 0.0107 e. The Morgan fingerprint density at radius 3 is 1.33 bits per heavy atom. The molecule has 2 fully saturated rings. The second-order valence-electron chi connectivity index (χ2n) is 4.54. The molecule has 0 aromatic carbocycles. The lowest BCUT2D eigenvalue weighted by Gasteiger charge is -2.30. The van der Waals surface area contributed by atoms with Gasteiger partial charge >= 0.3 is 0 Å². The molecule has 88 valence electrons. The Kier molecular flexibility index (Phi) is 4.86. The van der Waals surface area contributed by atoms with Gasteiger partial charge in [0.2, 0.25) is 0 Å². The van der Waals surface area contributed by atoms with Gasteiger partial charge in [0.1, 0.15) is 0 Å². The smallest absolute Gasteiger partial charge is 0.0107 e. The zero-order chi connectivity index (χ0) is 10.3. The molecular formula is C11H24N4. The lowest BCUT2D eigenvalue weighted by atomic mass is 10.3. The van der Waals surface area contributed by atoms with E-state index in [1.165, 1.54) is 45.7 Å². The molecule has 0 saturated carbocycles. The number of hydrogen-bond donors (Lipinski definition) is 2. The predicted molar refractivity (Wildman–Crippen MR) is 63.2 cm³/mol. The first-order chi connectivity index (χ1) is 7.45. The minimum absolute atomic E-state index is 1.15. The molecule has 2 rings (SSSR count). The number of hydrogen-bond acceptors (Lipinski definition) is 4. The van der Waals surface area contributed by atoms with Crippen molar-refractivity contribution in [3.8, 4) is 0 Å². The Balaban J connectivity index is 1.90. The van der Waals surface area contributed by atoms with Crippen LogP contribution in [0.2, 0.25) is 0 Å². The third-order valence-corrected chi connectivity index (χ3v) is 3.37. The molecule has 0 atom stereocenters. The van der Waals surface area contributed by atoms with Gasteiger partial charge in [-0.05, 0) is 19.5 Å². The fourth-order valence-electron chi connectivity index (χ4n) is 2.39. The fraction of sp³-hybridized carbons (Fsp3) is 1.00. The summed E-state index contributed by atoms with van der Waals surface area (Å²) in [5, 5.41) is 7.06. The highest BCUT2D eigenvalue weighted by molar-refractivity contribution is 4.70. The van der Waals surface area contributed by atoms with Gasteiger partial charge in [-0.25, -0.2) is 0 Å². The summed E-state index contributed by atoms with van der Waals surface area (Å²) in [6, 6.07) is 0. The van der Waals surface area contributed by atoms with E-state index in [2.05, 4.69) is 20.4 Å². The van der Waals surface area contributed by atoms with Crippen LogP contribution in [-0.2, 0) is 0 Å². The van der Waals surface area contributed by atoms with Gasteiger partial charge in [0.25, 0.3) is 0 Å². The van der Waals surface area contributed by atoms with Crippen molar-refractivity contribution in [2.45, 2.75) is 6.42 Å². The summed E-state index contributed by atoms with van der Waals surface area (Å²) in [5.74, 6) is 0. The van der Waals surface area contributed by atoms with Crippen LogP contribution in [-0.4, -0.2) is 75.2 Å². The summed E-state index contributed by atoms with van der Waals surface area (Å²) in [6.07, 6.45) is 1.33. The van der Waals surface area contributed by atoms with Gasteiger partial charge in [0.05, 0.1) is 0 Å². The van der Waals surface area contributed by atoms with Crippen LogP contribution in [0, 0.1) is 0 Å². The Hall–Kier alpha value is -0.160. The number of nitrogens with one attached hydrogen (secondary N) is 2. The molecule has 0 aromatic heterocycles. The third-order valence-electron chi connectivity index (χ3n) is 3.37. The summed E-state index contributed by atoms with van der Waals surface area (Å²) in [6.45, 7) is 12.0. The Morgan fingerprint density at radius 1 is 0.533 bits per heavy atom. The van der Waals surface area contributed by atoms with Gasteiger partial charge in [0.15, 0.2) is 0 Å². The van der Waals surface area contributed by atoms with Crippen LogP contribution in [0.15, 0.2) is 0 Å². The van der Waals surface area contributed by atoms with E-state index in [0.717, 1.165) is 26.2 Å². The standard InChI is InChI=1S/C11H24N4/c1-6-14-8-2-12-3-9-15(7-1)11-5-13-4-10-14/h12-13H,1-11H2. The first-order valence-electron chi connectivity index (χ1n) is 6.31. The fourth-order valence-corrected chi connectivity index (χ4v) is 2.39. The first kappa shape index (κ1) is 11.3. The van der Waals surface area contributed by atoms with Crippen molar-refractivity contribution in [2.75, 3.05) is 65.4 Å². The minimum Gasteiger partial charge on any atom is -0.314 e. The van der Waals surface area contributed by atoms with Crippen LogP contribution < -0.4 is 10.6 Å². The lowest BCUT2D eigenvalue weighted by molar-refractivity contribution is 0.199. The summed E-state index contributed by atoms with van der Waals surface area (Å²) >= 11 is 0. The molecule has 0 amide bonds. The zero-order valence-corrected chi connectivity index (χ0v) is 9.67. The van der Waals surface area contributed by atoms with Gasteiger partial charge in [0, 0.05) is 52.4 Å². The van der Waals surface area contributed by atoms with E-state index in [1.54, 1.807) is 0 Å². The molecular weight excluding hydrogens is 188 g/mol. The molecule has 0 radical (unpaired) electrons.